The van der Waals surface area contributed by atoms with Gasteiger partial charge in [-0.2, -0.15) is 0 Å². The summed E-state index contributed by atoms with van der Waals surface area (Å²) in [5.74, 6) is 0.0482. The van der Waals surface area contributed by atoms with Crippen molar-refractivity contribution in [3.8, 4) is 0 Å². The van der Waals surface area contributed by atoms with Crippen LogP contribution in [0.15, 0.2) is 47.2 Å². The van der Waals surface area contributed by atoms with Gasteiger partial charge in [0.05, 0.1) is 6.42 Å². The molecule has 88 valence electrons. The molecule has 0 radical (unpaired) electrons. The van der Waals surface area contributed by atoms with Crippen LogP contribution in [-0.2, 0) is 13.0 Å². The van der Waals surface area contributed by atoms with Gasteiger partial charge < -0.3 is 5.73 Å². The molecule has 0 fully saturated rings. The predicted molar refractivity (Wildman–Crippen MR) is 70.8 cm³/mol. The summed E-state index contributed by atoms with van der Waals surface area (Å²) in [4.78, 5) is 11.9. The molecule has 0 atom stereocenters. The van der Waals surface area contributed by atoms with Gasteiger partial charge in [0.15, 0.2) is 0 Å². The second-order valence-electron chi connectivity index (χ2n) is 3.83. The monoisotopic (exact) mass is 292 g/mol. The number of carbonyl (C=O) groups excluding carboxylic acids is 1. The van der Waals surface area contributed by atoms with E-state index in [4.69, 9.17) is 5.73 Å². The number of hydrogen-bond donors (Lipinski definition) is 1. The van der Waals surface area contributed by atoms with Gasteiger partial charge in [-0.15, -0.1) is 0 Å². The summed E-state index contributed by atoms with van der Waals surface area (Å²) in [6.45, 7) is 0.457. The number of hydrogen-bond acceptors (Lipinski definition) is 2. The number of nitrogens with two attached hydrogens (primary N) is 1. The van der Waals surface area contributed by atoms with Gasteiger partial charge in [-0.3, -0.25) is 9.36 Å². The molecule has 1 heterocycles. The SMILES string of the molecule is NCc1ccn(C(=O)Cc2ccc(Br)cc2)c1. The molecule has 2 N–H and O–H groups in total. The van der Waals surface area contributed by atoms with Gasteiger partial charge in [0.1, 0.15) is 0 Å². The van der Waals surface area contributed by atoms with Crippen LogP contribution in [0.25, 0.3) is 0 Å². The lowest BCUT2D eigenvalue weighted by atomic mass is 10.1. The van der Waals surface area contributed by atoms with Crippen molar-refractivity contribution in [1.82, 2.24) is 4.57 Å². The number of aromatic nitrogens is 1. The molecule has 2 rings (SSSR count). The molecule has 4 heteroatoms. The highest BCUT2D eigenvalue weighted by Crippen LogP contribution is 2.11. The fourth-order valence-electron chi connectivity index (χ4n) is 1.58. The topological polar surface area (TPSA) is 48.0 Å². The molecule has 0 amide bonds. The van der Waals surface area contributed by atoms with Crippen LogP contribution in [-0.4, -0.2) is 10.5 Å². The molecule has 0 unspecified atom stereocenters. The number of halogens is 1. The largest absolute Gasteiger partial charge is 0.326 e. The Morgan fingerprint density at radius 1 is 1.18 bits per heavy atom. The Kier molecular flexibility index (Phi) is 3.76. The first-order valence-corrected chi connectivity index (χ1v) is 6.13. The zero-order chi connectivity index (χ0) is 12.3. The molecular formula is C13H13BrN2O. The van der Waals surface area contributed by atoms with Gasteiger partial charge in [-0.1, -0.05) is 28.1 Å². The van der Waals surface area contributed by atoms with Crippen LogP contribution >= 0.6 is 15.9 Å². The van der Waals surface area contributed by atoms with Crippen LogP contribution < -0.4 is 5.73 Å². The third kappa shape index (κ3) is 3.05. The van der Waals surface area contributed by atoms with E-state index in [0.29, 0.717) is 13.0 Å². The average Bonchev–Trinajstić information content (AvgIpc) is 2.81. The average molecular weight is 293 g/mol. The summed E-state index contributed by atoms with van der Waals surface area (Å²) in [5, 5.41) is 0. The summed E-state index contributed by atoms with van der Waals surface area (Å²) in [7, 11) is 0. The zero-order valence-electron chi connectivity index (χ0n) is 9.27. The Morgan fingerprint density at radius 3 is 2.47 bits per heavy atom. The Bertz CT molecular complexity index is 516. The van der Waals surface area contributed by atoms with E-state index in [1.54, 1.807) is 17.0 Å². The van der Waals surface area contributed by atoms with E-state index >= 15 is 0 Å². The van der Waals surface area contributed by atoms with Crippen LogP contribution in [0.5, 0.6) is 0 Å². The second-order valence-corrected chi connectivity index (χ2v) is 4.74. The fourth-order valence-corrected chi connectivity index (χ4v) is 1.85. The molecule has 3 nitrogen and oxygen atoms in total. The van der Waals surface area contributed by atoms with Crippen molar-refractivity contribution >= 4 is 21.8 Å². The molecule has 17 heavy (non-hydrogen) atoms. The minimum absolute atomic E-state index is 0.0482. The lowest BCUT2D eigenvalue weighted by molar-refractivity contribution is 0.0914. The van der Waals surface area contributed by atoms with Crippen molar-refractivity contribution in [2.45, 2.75) is 13.0 Å². The van der Waals surface area contributed by atoms with Gasteiger partial charge in [0.2, 0.25) is 5.91 Å². The number of benzene rings is 1. The molecule has 0 saturated heterocycles. The fraction of sp³-hybridized carbons (Fsp3) is 0.154. The van der Waals surface area contributed by atoms with E-state index in [-0.39, 0.29) is 5.91 Å². The van der Waals surface area contributed by atoms with Crippen LogP contribution in [0, 0.1) is 0 Å². The third-order valence-electron chi connectivity index (χ3n) is 2.55. The molecule has 2 aromatic rings. The minimum atomic E-state index is 0.0482. The van der Waals surface area contributed by atoms with Crippen molar-refractivity contribution < 1.29 is 4.79 Å². The first kappa shape index (κ1) is 12.1. The van der Waals surface area contributed by atoms with Crippen LogP contribution in [0.2, 0.25) is 0 Å². The quantitative estimate of drug-likeness (QED) is 0.945. The first-order chi connectivity index (χ1) is 8.19. The molecular weight excluding hydrogens is 280 g/mol. The smallest absolute Gasteiger partial charge is 0.234 e. The normalized spacial score (nSPS) is 10.5. The van der Waals surface area contributed by atoms with Crippen LogP contribution in [0.3, 0.4) is 0 Å². The molecule has 1 aromatic carbocycles. The number of rotatable bonds is 3. The van der Waals surface area contributed by atoms with E-state index < -0.39 is 0 Å². The van der Waals surface area contributed by atoms with E-state index in [1.165, 1.54) is 0 Å². The van der Waals surface area contributed by atoms with Crippen molar-refractivity contribution in [3.63, 3.8) is 0 Å². The summed E-state index contributed by atoms with van der Waals surface area (Å²) < 4.78 is 2.60. The molecule has 1 aromatic heterocycles. The molecule has 0 aliphatic rings. The maximum atomic E-state index is 11.9. The van der Waals surface area contributed by atoms with Crippen molar-refractivity contribution in [2.24, 2.45) is 5.73 Å². The molecule has 0 spiro atoms. The molecule has 0 bridgehead atoms. The Morgan fingerprint density at radius 2 is 1.88 bits per heavy atom. The van der Waals surface area contributed by atoms with Crippen molar-refractivity contribution in [2.75, 3.05) is 0 Å². The van der Waals surface area contributed by atoms with Gasteiger partial charge in [-0.25, -0.2) is 0 Å². The summed E-state index contributed by atoms with van der Waals surface area (Å²) in [5.41, 5.74) is 7.47. The third-order valence-corrected chi connectivity index (χ3v) is 3.08. The molecule has 0 saturated carbocycles. The van der Waals surface area contributed by atoms with E-state index in [2.05, 4.69) is 15.9 Å². The van der Waals surface area contributed by atoms with Gasteiger partial charge >= 0.3 is 0 Å². The second kappa shape index (κ2) is 5.29. The summed E-state index contributed by atoms with van der Waals surface area (Å²) >= 11 is 3.37. The van der Waals surface area contributed by atoms with E-state index in [1.807, 2.05) is 30.3 Å². The predicted octanol–water partition coefficient (Wildman–Crippen LogP) is 2.59. The zero-order valence-corrected chi connectivity index (χ0v) is 10.9. The van der Waals surface area contributed by atoms with E-state index in [0.717, 1.165) is 15.6 Å². The van der Waals surface area contributed by atoms with Gasteiger partial charge in [0.25, 0.3) is 0 Å². The summed E-state index contributed by atoms with van der Waals surface area (Å²) in [6, 6.07) is 9.61. The lowest BCUT2D eigenvalue weighted by Gasteiger charge is -2.02. The Labute approximate surface area is 108 Å². The van der Waals surface area contributed by atoms with Crippen LogP contribution in [0.4, 0.5) is 0 Å². The van der Waals surface area contributed by atoms with E-state index in [9.17, 15) is 4.79 Å². The Hall–Kier alpha value is -1.39. The van der Waals surface area contributed by atoms with Crippen LogP contribution in [0.1, 0.15) is 15.9 Å². The summed E-state index contributed by atoms with van der Waals surface area (Å²) in [6.07, 6.45) is 3.93. The van der Waals surface area contributed by atoms with Crippen molar-refractivity contribution in [1.29, 1.82) is 0 Å². The van der Waals surface area contributed by atoms with Crippen molar-refractivity contribution in [3.05, 3.63) is 58.3 Å². The highest BCUT2D eigenvalue weighted by Gasteiger charge is 2.06. The van der Waals surface area contributed by atoms with Gasteiger partial charge in [0, 0.05) is 23.4 Å². The van der Waals surface area contributed by atoms with Gasteiger partial charge in [-0.05, 0) is 29.3 Å². The maximum Gasteiger partial charge on any atom is 0.234 e. The number of carbonyl (C=O) groups is 1. The molecule has 0 aliphatic carbocycles. The highest BCUT2D eigenvalue weighted by molar-refractivity contribution is 9.10. The first-order valence-electron chi connectivity index (χ1n) is 5.33. The number of nitrogens with zero attached hydrogens (tertiary/aromatic N) is 1. The minimum Gasteiger partial charge on any atom is -0.326 e. The maximum absolute atomic E-state index is 11.9. The standard InChI is InChI=1S/C13H13BrN2O/c14-12-3-1-10(2-4-12)7-13(17)16-6-5-11(8-15)9-16/h1-6,9H,7-8,15H2. The highest BCUT2D eigenvalue weighted by atomic mass is 79.9. The molecule has 0 aliphatic heterocycles. The lowest BCUT2D eigenvalue weighted by Crippen LogP contribution is -2.11. The Balaban J connectivity index is 2.08.